The number of amides is 1. The second-order valence-electron chi connectivity index (χ2n) is 6.22. The molecule has 0 fully saturated rings. The first-order valence-electron chi connectivity index (χ1n) is 7.73. The lowest BCUT2D eigenvalue weighted by molar-refractivity contribution is 0.0206. The highest BCUT2D eigenvalue weighted by Gasteiger charge is 2.18. The standard InChI is InChI=1S/C16H21N3O5S/c1-16(2,3)24-15(22)23-10-5-6-11-12(9-10)19-13(18-11)25-8-4-7-17-14(20)21/h5-6,9,17H,4,7-8H2,1-3H3,(H,18,19)(H,20,21). The number of aromatic nitrogens is 2. The second-order valence-corrected chi connectivity index (χ2v) is 7.30. The summed E-state index contributed by atoms with van der Waals surface area (Å²) in [6, 6.07) is 5.10. The van der Waals surface area contributed by atoms with Crippen molar-refractivity contribution in [3.63, 3.8) is 0 Å². The van der Waals surface area contributed by atoms with Crippen LogP contribution >= 0.6 is 11.8 Å². The van der Waals surface area contributed by atoms with E-state index in [1.165, 1.54) is 11.8 Å². The van der Waals surface area contributed by atoms with Crippen LogP contribution in [0, 0.1) is 0 Å². The van der Waals surface area contributed by atoms with Gasteiger partial charge in [0.1, 0.15) is 11.4 Å². The fourth-order valence-electron chi connectivity index (χ4n) is 1.90. The fourth-order valence-corrected chi connectivity index (χ4v) is 2.72. The number of fused-ring (bicyclic) bond motifs is 1. The number of benzene rings is 1. The van der Waals surface area contributed by atoms with E-state index in [1.807, 2.05) is 0 Å². The highest BCUT2D eigenvalue weighted by atomic mass is 32.2. The third-order valence-electron chi connectivity index (χ3n) is 2.86. The van der Waals surface area contributed by atoms with Crippen LogP contribution in [0.15, 0.2) is 23.4 Å². The molecule has 1 aromatic heterocycles. The zero-order valence-electron chi connectivity index (χ0n) is 14.3. The molecule has 25 heavy (non-hydrogen) atoms. The second kappa shape index (κ2) is 8.11. The van der Waals surface area contributed by atoms with Crippen LogP contribution in [-0.2, 0) is 4.74 Å². The molecule has 2 rings (SSSR count). The molecule has 8 nitrogen and oxygen atoms in total. The molecule has 0 aliphatic carbocycles. The topological polar surface area (TPSA) is 114 Å². The van der Waals surface area contributed by atoms with Gasteiger partial charge in [0.2, 0.25) is 0 Å². The van der Waals surface area contributed by atoms with Gasteiger partial charge in [-0.05, 0) is 39.3 Å². The minimum absolute atomic E-state index is 0.357. The van der Waals surface area contributed by atoms with E-state index in [0.29, 0.717) is 24.2 Å². The van der Waals surface area contributed by atoms with Gasteiger partial charge in [0.15, 0.2) is 5.16 Å². The molecule has 3 N–H and O–H groups in total. The van der Waals surface area contributed by atoms with Crippen LogP contribution < -0.4 is 10.1 Å². The Hall–Kier alpha value is -2.42. The van der Waals surface area contributed by atoms with Gasteiger partial charge >= 0.3 is 12.2 Å². The molecule has 1 heterocycles. The van der Waals surface area contributed by atoms with Crippen molar-refractivity contribution >= 4 is 35.0 Å². The van der Waals surface area contributed by atoms with E-state index >= 15 is 0 Å². The number of carbonyl (C=O) groups excluding carboxylic acids is 1. The normalized spacial score (nSPS) is 11.3. The molecule has 0 aliphatic rings. The van der Waals surface area contributed by atoms with Crippen LogP contribution in [0.5, 0.6) is 5.75 Å². The largest absolute Gasteiger partial charge is 0.514 e. The number of thioether (sulfide) groups is 1. The predicted molar refractivity (Wildman–Crippen MR) is 94.3 cm³/mol. The molecule has 2 aromatic rings. The van der Waals surface area contributed by atoms with E-state index in [2.05, 4.69) is 15.3 Å². The van der Waals surface area contributed by atoms with Gasteiger partial charge in [-0.15, -0.1) is 0 Å². The first-order valence-corrected chi connectivity index (χ1v) is 8.72. The molecule has 0 saturated carbocycles. The first kappa shape index (κ1) is 18.9. The van der Waals surface area contributed by atoms with Crippen LogP contribution in [-0.4, -0.2) is 45.2 Å². The Morgan fingerprint density at radius 1 is 1.36 bits per heavy atom. The molecule has 136 valence electrons. The SMILES string of the molecule is CC(C)(C)OC(=O)Oc1ccc2[nH]c(SCCCNC(=O)O)nc2c1. The number of hydrogen-bond acceptors (Lipinski definition) is 6. The lowest BCUT2D eigenvalue weighted by Gasteiger charge is -2.18. The van der Waals surface area contributed by atoms with E-state index in [-0.39, 0.29) is 0 Å². The van der Waals surface area contributed by atoms with E-state index in [0.717, 1.165) is 16.4 Å². The maximum absolute atomic E-state index is 11.7. The molecule has 0 aliphatic heterocycles. The zero-order valence-corrected chi connectivity index (χ0v) is 15.1. The number of aromatic amines is 1. The summed E-state index contributed by atoms with van der Waals surface area (Å²) in [6.07, 6.45) is -1.09. The highest BCUT2D eigenvalue weighted by molar-refractivity contribution is 7.99. The van der Waals surface area contributed by atoms with Gasteiger partial charge in [-0.1, -0.05) is 11.8 Å². The molecule has 0 atom stereocenters. The lowest BCUT2D eigenvalue weighted by atomic mass is 10.2. The zero-order chi connectivity index (χ0) is 18.4. The molecule has 0 saturated heterocycles. The van der Waals surface area contributed by atoms with E-state index in [4.69, 9.17) is 14.6 Å². The Morgan fingerprint density at radius 3 is 2.80 bits per heavy atom. The number of rotatable bonds is 6. The summed E-state index contributed by atoms with van der Waals surface area (Å²) >= 11 is 1.49. The summed E-state index contributed by atoms with van der Waals surface area (Å²) in [5, 5.41) is 11.5. The average molecular weight is 367 g/mol. The third-order valence-corrected chi connectivity index (χ3v) is 3.82. The first-order chi connectivity index (χ1) is 11.7. The van der Waals surface area contributed by atoms with Crippen LogP contribution in [0.3, 0.4) is 0 Å². The summed E-state index contributed by atoms with van der Waals surface area (Å²) in [4.78, 5) is 29.6. The number of H-pyrrole nitrogens is 1. The van der Waals surface area contributed by atoms with E-state index in [9.17, 15) is 9.59 Å². The van der Waals surface area contributed by atoms with Gasteiger partial charge in [0, 0.05) is 18.4 Å². The van der Waals surface area contributed by atoms with Gasteiger partial charge in [-0.25, -0.2) is 14.6 Å². The van der Waals surface area contributed by atoms with Crippen molar-refractivity contribution in [1.82, 2.24) is 15.3 Å². The molecule has 0 unspecified atom stereocenters. The van der Waals surface area contributed by atoms with Crippen molar-refractivity contribution in [2.24, 2.45) is 0 Å². The Bertz CT molecular complexity index is 754. The Kier molecular flexibility index (Phi) is 6.13. The monoisotopic (exact) mass is 367 g/mol. The summed E-state index contributed by atoms with van der Waals surface area (Å²) in [7, 11) is 0. The quantitative estimate of drug-likeness (QED) is 0.309. The smallest absolute Gasteiger partial charge is 0.465 e. The van der Waals surface area contributed by atoms with Crippen molar-refractivity contribution in [3.8, 4) is 5.75 Å². The molecular formula is C16H21N3O5S. The highest BCUT2D eigenvalue weighted by Crippen LogP contribution is 2.24. The van der Waals surface area contributed by atoms with Gasteiger partial charge < -0.3 is 24.9 Å². The molecule has 1 aromatic carbocycles. The van der Waals surface area contributed by atoms with Crippen molar-refractivity contribution in [3.05, 3.63) is 18.2 Å². The van der Waals surface area contributed by atoms with Gasteiger partial charge in [-0.3, -0.25) is 0 Å². The van der Waals surface area contributed by atoms with Gasteiger partial charge in [0.25, 0.3) is 0 Å². The molecule has 0 bridgehead atoms. The number of nitrogens with zero attached hydrogens (tertiary/aromatic N) is 1. The van der Waals surface area contributed by atoms with Gasteiger partial charge in [0.05, 0.1) is 11.0 Å². The number of carbonyl (C=O) groups is 2. The van der Waals surface area contributed by atoms with Crippen molar-refractivity contribution in [1.29, 1.82) is 0 Å². The van der Waals surface area contributed by atoms with Crippen molar-refractivity contribution < 1.29 is 24.2 Å². The van der Waals surface area contributed by atoms with E-state index < -0.39 is 17.8 Å². The lowest BCUT2D eigenvalue weighted by Crippen LogP contribution is -2.25. The number of nitrogens with one attached hydrogen (secondary N) is 2. The van der Waals surface area contributed by atoms with Crippen LogP contribution in [0.25, 0.3) is 11.0 Å². The minimum Gasteiger partial charge on any atom is -0.465 e. The fraction of sp³-hybridized carbons (Fsp3) is 0.438. The third kappa shape index (κ3) is 6.54. The number of ether oxygens (including phenoxy) is 2. The average Bonchev–Trinajstić information content (AvgIpc) is 2.86. The predicted octanol–water partition coefficient (Wildman–Crippen LogP) is 3.63. The maximum atomic E-state index is 11.7. The Balaban J connectivity index is 1.92. The summed E-state index contributed by atoms with van der Waals surface area (Å²) in [5.41, 5.74) is 0.877. The minimum atomic E-state index is -1.02. The molecule has 9 heteroatoms. The molecule has 0 radical (unpaired) electrons. The van der Waals surface area contributed by atoms with Crippen molar-refractivity contribution in [2.45, 2.75) is 37.9 Å². The van der Waals surface area contributed by atoms with Gasteiger partial charge in [-0.2, -0.15) is 0 Å². The number of hydrogen-bond donors (Lipinski definition) is 3. The summed E-state index contributed by atoms with van der Waals surface area (Å²) in [6.45, 7) is 5.69. The van der Waals surface area contributed by atoms with Crippen LogP contribution in [0.2, 0.25) is 0 Å². The summed E-state index contributed by atoms with van der Waals surface area (Å²) in [5.74, 6) is 1.08. The molecule has 1 amide bonds. The number of imidazole rings is 1. The van der Waals surface area contributed by atoms with E-state index in [1.54, 1.807) is 39.0 Å². The Labute approximate surface area is 149 Å². The maximum Gasteiger partial charge on any atom is 0.514 e. The van der Waals surface area contributed by atoms with Crippen LogP contribution in [0.4, 0.5) is 9.59 Å². The number of carboxylic acid groups (broad SMARTS) is 1. The Morgan fingerprint density at radius 2 is 2.12 bits per heavy atom. The van der Waals surface area contributed by atoms with Crippen molar-refractivity contribution in [2.75, 3.05) is 12.3 Å². The molecule has 0 spiro atoms. The van der Waals surface area contributed by atoms with Crippen LogP contribution in [0.1, 0.15) is 27.2 Å². The summed E-state index contributed by atoms with van der Waals surface area (Å²) < 4.78 is 10.3. The molecular weight excluding hydrogens is 346 g/mol.